The Balaban J connectivity index is 1.61. The van der Waals surface area contributed by atoms with Gasteiger partial charge in [0.2, 0.25) is 11.8 Å². The minimum absolute atomic E-state index is 0.00890. The highest BCUT2D eigenvalue weighted by molar-refractivity contribution is 5.89. The van der Waals surface area contributed by atoms with Crippen LogP contribution in [0.25, 0.3) is 0 Å². The maximum Gasteiger partial charge on any atom is 0.303 e. The van der Waals surface area contributed by atoms with Gasteiger partial charge in [-0.3, -0.25) is 14.4 Å². The lowest BCUT2D eigenvalue weighted by Gasteiger charge is -2.37. The van der Waals surface area contributed by atoms with Gasteiger partial charge < -0.3 is 19.3 Å². The number of carboxylic acid groups (broad SMARTS) is 1. The van der Waals surface area contributed by atoms with Crippen molar-refractivity contribution >= 4 is 17.8 Å². The highest BCUT2D eigenvalue weighted by Crippen LogP contribution is 2.27. The summed E-state index contributed by atoms with van der Waals surface area (Å²) < 4.78 is 5.28. The van der Waals surface area contributed by atoms with E-state index in [1.165, 1.54) is 0 Å². The van der Waals surface area contributed by atoms with Crippen LogP contribution < -0.4 is 0 Å². The van der Waals surface area contributed by atoms with Gasteiger partial charge in [0.25, 0.3) is 0 Å². The van der Waals surface area contributed by atoms with Gasteiger partial charge in [-0.25, -0.2) is 0 Å². The number of rotatable bonds is 6. The number of piperidine rings is 1. The van der Waals surface area contributed by atoms with Crippen molar-refractivity contribution in [1.29, 1.82) is 0 Å². The molecule has 0 unspecified atom stereocenters. The summed E-state index contributed by atoms with van der Waals surface area (Å²) in [6, 6.07) is 3.57. The fourth-order valence-electron chi connectivity index (χ4n) is 3.80. The Morgan fingerprint density at radius 3 is 2.88 bits per heavy atom. The normalized spacial score (nSPS) is 23.9. The molecule has 7 nitrogen and oxygen atoms in total. The number of carbonyl (C=O) groups is 3. The van der Waals surface area contributed by atoms with E-state index in [2.05, 4.69) is 0 Å². The summed E-state index contributed by atoms with van der Waals surface area (Å²) in [5, 5.41) is 8.91. The predicted octanol–water partition coefficient (Wildman–Crippen LogP) is 1.87. The first-order chi connectivity index (χ1) is 12.0. The molecule has 0 radical (unpaired) electrons. The van der Waals surface area contributed by atoms with E-state index in [1.54, 1.807) is 17.2 Å². The minimum atomic E-state index is -0.835. The van der Waals surface area contributed by atoms with Gasteiger partial charge in [0, 0.05) is 32.0 Å². The van der Waals surface area contributed by atoms with Crippen LogP contribution in [0.15, 0.2) is 22.8 Å². The van der Waals surface area contributed by atoms with Gasteiger partial charge >= 0.3 is 5.97 Å². The Kier molecular flexibility index (Phi) is 5.40. The van der Waals surface area contributed by atoms with Crippen molar-refractivity contribution in [3.05, 3.63) is 24.2 Å². The molecule has 136 valence electrons. The molecule has 7 heteroatoms. The average Bonchev–Trinajstić information content (AvgIpc) is 3.23. The number of nitrogens with zero attached hydrogens (tertiary/aromatic N) is 2. The summed E-state index contributed by atoms with van der Waals surface area (Å²) in [6.45, 7) is 1.45. The molecule has 1 aromatic rings. The monoisotopic (exact) mass is 348 g/mol. The number of furan rings is 1. The first-order valence-electron chi connectivity index (χ1n) is 8.87. The lowest BCUT2D eigenvalue weighted by molar-refractivity contribution is -0.142. The Bertz CT molecular complexity index is 627. The Morgan fingerprint density at radius 2 is 2.16 bits per heavy atom. The Morgan fingerprint density at radius 1 is 1.32 bits per heavy atom. The number of amides is 2. The fraction of sp³-hybridized carbons (Fsp3) is 0.611. The van der Waals surface area contributed by atoms with E-state index >= 15 is 0 Å². The molecule has 0 spiro atoms. The Hall–Kier alpha value is -2.31. The number of hydrogen-bond donors (Lipinski definition) is 1. The van der Waals surface area contributed by atoms with Gasteiger partial charge in [-0.05, 0) is 37.8 Å². The fourth-order valence-corrected chi connectivity index (χ4v) is 3.80. The molecular weight excluding hydrogens is 324 g/mol. The molecule has 3 heterocycles. The number of carbonyl (C=O) groups excluding carboxylic acids is 2. The van der Waals surface area contributed by atoms with Crippen LogP contribution >= 0.6 is 0 Å². The highest BCUT2D eigenvalue weighted by Gasteiger charge is 2.39. The predicted molar refractivity (Wildman–Crippen MR) is 88.5 cm³/mol. The van der Waals surface area contributed by atoms with E-state index in [1.807, 2.05) is 11.0 Å². The van der Waals surface area contributed by atoms with Crippen molar-refractivity contribution in [2.75, 3.05) is 13.1 Å². The summed E-state index contributed by atoms with van der Waals surface area (Å²) in [6.07, 6.45) is 5.14. The van der Waals surface area contributed by atoms with E-state index in [0.29, 0.717) is 31.8 Å². The van der Waals surface area contributed by atoms with Crippen molar-refractivity contribution in [3.8, 4) is 0 Å². The smallest absolute Gasteiger partial charge is 0.303 e. The zero-order valence-electron chi connectivity index (χ0n) is 14.2. The van der Waals surface area contributed by atoms with E-state index in [4.69, 9.17) is 9.52 Å². The first kappa shape index (κ1) is 17.5. The van der Waals surface area contributed by atoms with Crippen LogP contribution in [0.1, 0.15) is 44.3 Å². The van der Waals surface area contributed by atoms with Gasteiger partial charge in [-0.2, -0.15) is 0 Å². The third-order valence-corrected chi connectivity index (χ3v) is 5.09. The van der Waals surface area contributed by atoms with Crippen molar-refractivity contribution in [3.63, 3.8) is 0 Å². The largest absolute Gasteiger partial charge is 0.481 e. The lowest BCUT2D eigenvalue weighted by atomic mass is 9.95. The van der Waals surface area contributed by atoms with Crippen LogP contribution in [-0.2, 0) is 20.9 Å². The van der Waals surface area contributed by atoms with Gasteiger partial charge in [0.1, 0.15) is 5.76 Å². The second kappa shape index (κ2) is 7.72. The molecule has 25 heavy (non-hydrogen) atoms. The maximum atomic E-state index is 12.9. The van der Waals surface area contributed by atoms with Crippen LogP contribution in [0, 0.1) is 5.92 Å². The molecular formula is C18H24N2O5. The summed E-state index contributed by atoms with van der Waals surface area (Å²) in [4.78, 5) is 39.5. The third-order valence-electron chi connectivity index (χ3n) is 5.09. The van der Waals surface area contributed by atoms with Crippen LogP contribution in [0.5, 0.6) is 0 Å². The number of hydrogen-bond acceptors (Lipinski definition) is 4. The standard InChI is InChI=1S/C18H24N2O5/c21-16-10-13(11-19(16)12-15-5-3-9-25-15)18(24)20-8-2-1-4-14(20)6-7-17(22)23/h3,5,9,13-14H,1-2,4,6-8,10-12H2,(H,22,23)/t13-,14-/m0/s1. The number of carboxylic acids is 1. The zero-order valence-corrected chi connectivity index (χ0v) is 14.2. The van der Waals surface area contributed by atoms with Crippen molar-refractivity contribution in [2.24, 2.45) is 5.92 Å². The van der Waals surface area contributed by atoms with Crippen LogP contribution in [-0.4, -0.2) is 51.8 Å². The molecule has 1 N–H and O–H groups in total. The van der Waals surface area contributed by atoms with E-state index < -0.39 is 5.97 Å². The molecule has 0 aliphatic carbocycles. The summed E-state index contributed by atoms with van der Waals surface area (Å²) in [5.74, 6) is -0.510. The van der Waals surface area contributed by atoms with Crippen LogP contribution in [0.2, 0.25) is 0 Å². The topological polar surface area (TPSA) is 91.1 Å². The molecule has 1 aromatic heterocycles. The molecule has 3 rings (SSSR count). The quantitative estimate of drug-likeness (QED) is 0.847. The van der Waals surface area contributed by atoms with Crippen LogP contribution in [0.4, 0.5) is 0 Å². The van der Waals surface area contributed by atoms with E-state index in [-0.39, 0.29) is 36.6 Å². The molecule has 2 aliphatic rings. The van der Waals surface area contributed by atoms with E-state index in [9.17, 15) is 14.4 Å². The molecule has 2 aliphatic heterocycles. The number of aliphatic carboxylic acids is 1. The minimum Gasteiger partial charge on any atom is -0.481 e. The van der Waals surface area contributed by atoms with Gasteiger partial charge in [-0.1, -0.05) is 0 Å². The molecule has 2 saturated heterocycles. The second-order valence-electron chi connectivity index (χ2n) is 6.87. The molecule has 2 amide bonds. The van der Waals surface area contributed by atoms with Crippen molar-refractivity contribution < 1.29 is 23.9 Å². The highest BCUT2D eigenvalue weighted by atomic mass is 16.4. The van der Waals surface area contributed by atoms with Gasteiger partial charge in [0.05, 0.1) is 18.7 Å². The average molecular weight is 348 g/mol. The summed E-state index contributed by atoms with van der Waals surface area (Å²) in [5.41, 5.74) is 0. The molecule has 0 bridgehead atoms. The maximum absolute atomic E-state index is 12.9. The third kappa shape index (κ3) is 4.21. The Labute approximate surface area is 146 Å². The summed E-state index contributed by atoms with van der Waals surface area (Å²) in [7, 11) is 0. The molecule has 0 aromatic carbocycles. The summed E-state index contributed by atoms with van der Waals surface area (Å²) >= 11 is 0. The lowest BCUT2D eigenvalue weighted by Crippen LogP contribution is -2.47. The zero-order chi connectivity index (χ0) is 17.8. The molecule has 2 atom stereocenters. The van der Waals surface area contributed by atoms with Crippen LogP contribution in [0.3, 0.4) is 0 Å². The SMILES string of the molecule is O=C(O)CC[C@@H]1CCCCN1C(=O)[C@H]1CC(=O)N(Cc2ccco2)C1. The van der Waals surface area contributed by atoms with Gasteiger partial charge in [0.15, 0.2) is 0 Å². The molecule has 0 saturated carbocycles. The molecule has 2 fully saturated rings. The van der Waals surface area contributed by atoms with Crippen molar-refractivity contribution in [2.45, 2.75) is 51.1 Å². The first-order valence-corrected chi connectivity index (χ1v) is 8.87. The van der Waals surface area contributed by atoms with Crippen molar-refractivity contribution in [1.82, 2.24) is 9.80 Å². The second-order valence-corrected chi connectivity index (χ2v) is 6.87. The van der Waals surface area contributed by atoms with E-state index in [0.717, 1.165) is 19.3 Å². The number of likely N-dealkylation sites (tertiary alicyclic amines) is 2. The van der Waals surface area contributed by atoms with Gasteiger partial charge in [-0.15, -0.1) is 0 Å².